The molecule has 17 heavy (non-hydrogen) atoms. The fourth-order valence-electron chi connectivity index (χ4n) is 2.58. The summed E-state index contributed by atoms with van der Waals surface area (Å²) in [7, 11) is 0. The molecule has 1 heterocycles. The highest BCUT2D eigenvalue weighted by Gasteiger charge is 2.35. The minimum absolute atomic E-state index is 0.0783. The second-order valence-electron chi connectivity index (χ2n) is 5.38. The molecule has 0 aliphatic heterocycles. The molecule has 2 heteroatoms. The van der Waals surface area contributed by atoms with E-state index in [1.807, 2.05) is 12.3 Å². The average molecular weight is 231 g/mol. The quantitative estimate of drug-likeness (QED) is 0.795. The van der Waals surface area contributed by atoms with Crippen molar-refractivity contribution in [2.24, 2.45) is 5.41 Å². The van der Waals surface area contributed by atoms with Crippen LogP contribution in [0.1, 0.15) is 50.8 Å². The van der Waals surface area contributed by atoms with Gasteiger partial charge in [0.15, 0.2) is 0 Å². The first-order chi connectivity index (χ1) is 8.14. The number of carbonyl (C=O) groups excluding carboxylic acids is 1. The Bertz CT molecular complexity index is 388. The third-order valence-electron chi connectivity index (χ3n) is 4.02. The standard InChI is InChI=1S/C15H21NO/c1-3-12-6-7-13(16-11-12)10-14(17)15(2)8-4-5-9-15/h6-7,11H,3-5,8-10H2,1-2H3. The molecule has 0 bridgehead atoms. The molecule has 2 nitrogen and oxygen atoms in total. The van der Waals surface area contributed by atoms with Crippen molar-refractivity contribution in [2.75, 3.05) is 0 Å². The van der Waals surface area contributed by atoms with Crippen LogP contribution in [0.3, 0.4) is 0 Å². The van der Waals surface area contributed by atoms with Gasteiger partial charge in [-0.1, -0.05) is 32.8 Å². The number of carbonyl (C=O) groups is 1. The molecule has 0 saturated heterocycles. The van der Waals surface area contributed by atoms with Crippen LogP contribution in [0.5, 0.6) is 0 Å². The largest absolute Gasteiger partial charge is 0.299 e. The van der Waals surface area contributed by atoms with Crippen molar-refractivity contribution in [3.8, 4) is 0 Å². The van der Waals surface area contributed by atoms with Gasteiger partial charge >= 0.3 is 0 Å². The van der Waals surface area contributed by atoms with E-state index in [-0.39, 0.29) is 5.41 Å². The lowest BCUT2D eigenvalue weighted by Crippen LogP contribution is -2.26. The number of pyridine rings is 1. The highest BCUT2D eigenvalue weighted by molar-refractivity contribution is 5.86. The maximum absolute atomic E-state index is 12.3. The number of hydrogen-bond acceptors (Lipinski definition) is 2. The number of ketones is 1. The first kappa shape index (κ1) is 12.3. The summed E-state index contributed by atoms with van der Waals surface area (Å²) in [5.41, 5.74) is 2.07. The summed E-state index contributed by atoms with van der Waals surface area (Å²) in [5.74, 6) is 0.367. The monoisotopic (exact) mass is 231 g/mol. The Morgan fingerprint density at radius 3 is 2.59 bits per heavy atom. The van der Waals surface area contributed by atoms with E-state index >= 15 is 0 Å². The van der Waals surface area contributed by atoms with Crippen LogP contribution in [0, 0.1) is 5.41 Å². The van der Waals surface area contributed by atoms with Gasteiger partial charge in [-0.15, -0.1) is 0 Å². The molecular weight excluding hydrogens is 210 g/mol. The maximum Gasteiger partial charge on any atom is 0.144 e. The third-order valence-corrected chi connectivity index (χ3v) is 4.02. The van der Waals surface area contributed by atoms with Crippen molar-refractivity contribution in [3.05, 3.63) is 29.6 Å². The summed E-state index contributed by atoms with van der Waals surface area (Å²) in [6, 6.07) is 4.07. The molecule has 2 rings (SSSR count). The molecule has 0 aromatic carbocycles. The van der Waals surface area contributed by atoms with Crippen molar-refractivity contribution in [3.63, 3.8) is 0 Å². The van der Waals surface area contributed by atoms with Gasteiger partial charge in [0, 0.05) is 23.7 Å². The van der Waals surface area contributed by atoms with E-state index in [1.54, 1.807) is 0 Å². The van der Waals surface area contributed by atoms with Crippen LogP contribution in [0.2, 0.25) is 0 Å². The summed E-state index contributed by atoms with van der Waals surface area (Å²) in [6.45, 7) is 4.23. The Balaban J connectivity index is 2.02. The zero-order chi connectivity index (χ0) is 12.3. The van der Waals surface area contributed by atoms with Gasteiger partial charge in [-0.05, 0) is 30.9 Å². The van der Waals surface area contributed by atoms with E-state index in [9.17, 15) is 4.79 Å². The normalized spacial score (nSPS) is 18.2. The van der Waals surface area contributed by atoms with Crippen LogP contribution >= 0.6 is 0 Å². The van der Waals surface area contributed by atoms with Gasteiger partial charge in [0.25, 0.3) is 0 Å². The number of Topliss-reactive ketones (excluding diaryl/α,β-unsaturated/α-hetero) is 1. The Labute approximate surface area is 103 Å². The Morgan fingerprint density at radius 1 is 1.35 bits per heavy atom. The number of rotatable bonds is 4. The van der Waals surface area contributed by atoms with Crippen LogP contribution in [0.25, 0.3) is 0 Å². The Kier molecular flexibility index (Phi) is 3.60. The van der Waals surface area contributed by atoms with Crippen LogP contribution in [0.4, 0.5) is 0 Å². The molecule has 0 radical (unpaired) electrons. The van der Waals surface area contributed by atoms with Gasteiger partial charge < -0.3 is 0 Å². The minimum atomic E-state index is -0.0783. The van der Waals surface area contributed by atoms with E-state index in [0.29, 0.717) is 12.2 Å². The van der Waals surface area contributed by atoms with E-state index in [0.717, 1.165) is 25.0 Å². The molecule has 0 N–H and O–H groups in total. The van der Waals surface area contributed by atoms with E-state index < -0.39 is 0 Å². The molecule has 0 amide bonds. The number of aryl methyl sites for hydroxylation is 1. The lowest BCUT2D eigenvalue weighted by molar-refractivity contribution is -0.127. The van der Waals surface area contributed by atoms with Crippen LogP contribution < -0.4 is 0 Å². The minimum Gasteiger partial charge on any atom is -0.299 e. The molecule has 92 valence electrons. The molecule has 1 saturated carbocycles. The van der Waals surface area contributed by atoms with Gasteiger partial charge in [0.1, 0.15) is 5.78 Å². The smallest absolute Gasteiger partial charge is 0.144 e. The first-order valence-electron chi connectivity index (χ1n) is 6.61. The zero-order valence-corrected chi connectivity index (χ0v) is 10.8. The summed E-state index contributed by atoms with van der Waals surface area (Å²) in [4.78, 5) is 16.6. The summed E-state index contributed by atoms with van der Waals surface area (Å²) >= 11 is 0. The van der Waals surface area contributed by atoms with Crippen molar-refractivity contribution < 1.29 is 4.79 Å². The predicted molar refractivity (Wildman–Crippen MR) is 68.9 cm³/mol. The zero-order valence-electron chi connectivity index (χ0n) is 10.8. The maximum atomic E-state index is 12.3. The predicted octanol–water partition coefficient (Wildman–Crippen LogP) is 3.34. The summed E-state index contributed by atoms with van der Waals surface area (Å²) < 4.78 is 0. The SMILES string of the molecule is CCc1ccc(CC(=O)C2(C)CCCC2)nc1. The van der Waals surface area contributed by atoms with E-state index in [2.05, 4.69) is 24.9 Å². The van der Waals surface area contributed by atoms with Crippen molar-refractivity contribution in [2.45, 2.75) is 52.4 Å². The molecule has 0 unspecified atom stereocenters. The van der Waals surface area contributed by atoms with Crippen molar-refractivity contribution >= 4 is 5.78 Å². The van der Waals surface area contributed by atoms with Crippen LogP contribution in [-0.4, -0.2) is 10.8 Å². The summed E-state index contributed by atoms with van der Waals surface area (Å²) in [5, 5.41) is 0. The van der Waals surface area contributed by atoms with Gasteiger partial charge in [-0.2, -0.15) is 0 Å². The van der Waals surface area contributed by atoms with Gasteiger partial charge in [0.05, 0.1) is 0 Å². The molecule has 1 aliphatic rings. The third kappa shape index (κ3) is 2.74. The lowest BCUT2D eigenvalue weighted by atomic mass is 9.82. The van der Waals surface area contributed by atoms with Crippen LogP contribution in [-0.2, 0) is 17.6 Å². The second kappa shape index (κ2) is 4.99. The molecule has 1 aromatic rings. The van der Waals surface area contributed by atoms with Gasteiger partial charge in [0.2, 0.25) is 0 Å². The number of nitrogens with zero attached hydrogens (tertiary/aromatic N) is 1. The van der Waals surface area contributed by atoms with E-state index in [1.165, 1.54) is 18.4 Å². The molecule has 1 aromatic heterocycles. The van der Waals surface area contributed by atoms with E-state index in [4.69, 9.17) is 0 Å². The molecule has 0 atom stereocenters. The summed E-state index contributed by atoms with van der Waals surface area (Å²) in [6.07, 6.45) is 7.89. The highest BCUT2D eigenvalue weighted by atomic mass is 16.1. The number of hydrogen-bond donors (Lipinski definition) is 0. The number of aromatic nitrogens is 1. The fraction of sp³-hybridized carbons (Fsp3) is 0.600. The molecular formula is C15H21NO. The van der Waals surface area contributed by atoms with Gasteiger partial charge in [-0.25, -0.2) is 0 Å². The topological polar surface area (TPSA) is 30.0 Å². The second-order valence-corrected chi connectivity index (χ2v) is 5.38. The first-order valence-corrected chi connectivity index (χ1v) is 6.61. The Hall–Kier alpha value is -1.18. The van der Waals surface area contributed by atoms with Crippen LogP contribution in [0.15, 0.2) is 18.3 Å². The van der Waals surface area contributed by atoms with Crippen molar-refractivity contribution in [1.29, 1.82) is 0 Å². The molecule has 1 fully saturated rings. The molecule has 0 spiro atoms. The highest BCUT2D eigenvalue weighted by Crippen LogP contribution is 2.38. The fourth-order valence-corrected chi connectivity index (χ4v) is 2.58. The lowest BCUT2D eigenvalue weighted by Gasteiger charge is -2.21. The van der Waals surface area contributed by atoms with Gasteiger partial charge in [-0.3, -0.25) is 9.78 Å². The average Bonchev–Trinajstić information content (AvgIpc) is 2.78. The molecule has 1 aliphatic carbocycles. The Morgan fingerprint density at radius 2 is 2.06 bits per heavy atom. The van der Waals surface area contributed by atoms with Crippen molar-refractivity contribution in [1.82, 2.24) is 4.98 Å².